The smallest absolute Gasteiger partial charge is 0.315 e. The van der Waals surface area contributed by atoms with E-state index in [1.54, 1.807) is 6.20 Å². The predicted octanol–water partition coefficient (Wildman–Crippen LogP) is 4.12. The van der Waals surface area contributed by atoms with Crippen molar-refractivity contribution in [3.05, 3.63) is 67.4 Å². The van der Waals surface area contributed by atoms with E-state index in [4.69, 9.17) is 4.74 Å². The summed E-state index contributed by atoms with van der Waals surface area (Å²) in [6.07, 6.45) is 3.17. The second-order valence-electron chi connectivity index (χ2n) is 4.75. The molecule has 3 aromatic rings. The van der Waals surface area contributed by atoms with E-state index >= 15 is 0 Å². The Balaban J connectivity index is 2.17. The third kappa shape index (κ3) is 2.23. The van der Waals surface area contributed by atoms with Crippen LogP contribution in [0, 0.1) is 0 Å². The molecule has 0 atom stereocenters. The van der Waals surface area contributed by atoms with E-state index in [0.717, 1.165) is 28.2 Å². The summed E-state index contributed by atoms with van der Waals surface area (Å²) in [5.41, 5.74) is 3.05. The minimum absolute atomic E-state index is 0.223. The number of ether oxygens (including phenoxy) is 1. The fraction of sp³-hybridized carbons (Fsp3) is 0.0556. The van der Waals surface area contributed by atoms with Crippen LogP contribution in [0.5, 0.6) is 0 Å². The number of nitrogens with zero attached hydrogens (tertiary/aromatic N) is 1. The highest BCUT2D eigenvalue weighted by atomic mass is 16.5. The molecule has 1 aromatic heterocycles. The van der Waals surface area contributed by atoms with Gasteiger partial charge in [-0.3, -0.25) is 4.79 Å². The molecule has 0 aliphatic heterocycles. The Bertz CT molecular complexity index is 858. The second-order valence-corrected chi connectivity index (χ2v) is 4.75. The number of hydrogen-bond acceptors (Lipinski definition) is 2. The number of rotatable bonds is 4. The summed E-state index contributed by atoms with van der Waals surface area (Å²) in [6.45, 7) is 7.27. The molecule has 3 nitrogen and oxygen atoms in total. The van der Waals surface area contributed by atoms with Gasteiger partial charge in [-0.2, -0.15) is 0 Å². The zero-order valence-electron chi connectivity index (χ0n) is 11.6. The van der Waals surface area contributed by atoms with Crippen LogP contribution in [0.3, 0.4) is 0 Å². The summed E-state index contributed by atoms with van der Waals surface area (Å²) in [5.74, 6) is -0.314. The van der Waals surface area contributed by atoms with Crippen molar-refractivity contribution >= 4 is 34.0 Å². The van der Waals surface area contributed by atoms with Crippen molar-refractivity contribution in [1.29, 1.82) is 0 Å². The Labute approximate surface area is 122 Å². The fourth-order valence-electron chi connectivity index (χ4n) is 2.65. The third-order valence-corrected chi connectivity index (χ3v) is 3.52. The Morgan fingerprint density at radius 1 is 1.10 bits per heavy atom. The molecule has 0 spiro atoms. The maximum absolute atomic E-state index is 11.6. The van der Waals surface area contributed by atoms with Crippen molar-refractivity contribution in [3.8, 4) is 0 Å². The minimum Gasteiger partial charge on any atom is -0.435 e. The fourth-order valence-corrected chi connectivity index (χ4v) is 2.65. The first kappa shape index (κ1) is 13.2. The molecule has 0 aliphatic carbocycles. The van der Waals surface area contributed by atoms with Crippen LogP contribution in [0.1, 0.15) is 5.56 Å². The Morgan fingerprint density at radius 2 is 1.86 bits per heavy atom. The predicted molar refractivity (Wildman–Crippen MR) is 85.8 cm³/mol. The van der Waals surface area contributed by atoms with Gasteiger partial charge in [0.25, 0.3) is 0 Å². The molecule has 0 unspecified atom stereocenters. The summed E-state index contributed by atoms with van der Waals surface area (Å²) in [6, 6.07) is 14.2. The zero-order chi connectivity index (χ0) is 14.8. The van der Waals surface area contributed by atoms with E-state index in [9.17, 15) is 4.79 Å². The average molecular weight is 277 g/mol. The van der Waals surface area contributed by atoms with Crippen molar-refractivity contribution in [2.24, 2.45) is 0 Å². The van der Waals surface area contributed by atoms with Crippen LogP contribution in [0.15, 0.2) is 61.9 Å². The maximum atomic E-state index is 11.6. The Morgan fingerprint density at radius 3 is 2.62 bits per heavy atom. The number of carbonyl (C=O) groups excluding carboxylic acids is 1. The van der Waals surface area contributed by atoms with Gasteiger partial charge in [-0.15, -0.1) is 0 Å². The highest BCUT2D eigenvalue weighted by molar-refractivity contribution is 6.09. The van der Waals surface area contributed by atoms with Gasteiger partial charge in [-0.05, 0) is 17.7 Å². The zero-order valence-corrected chi connectivity index (χ0v) is 11.6. The number of benzene rings is 2. The third-order valence-electron chi connectivity index (χ3n) is 3.52. The summed E-state index contributed by atoms with van der Waals surface area (Å²) >= 11 is 0. The molecule has 0 bridgehead atoms. The first-order valence-corrected chi connectivity index (χ1v) is 6.69. The van der Waals surface area contributed by atoms with E-state index in [-0.39, 0.29) is 12.4 Å². The first-order valence-electron chi connectivity index (χ1n) is 6.69. The molecule has 2 aromatic carbocycles. The molecule has 0 saturated heterocycles. The molecule has 0 N–H and O–H groups in total. The van der Waals surface area contributed by atoms with Gasteiger partial charge in [-0.25, -0.2) is 0 Å². The lowest BCUT2D eigenvalue weighted by Gasteiger charge is -2.03. The molecule has 21 heavy (non-hydrogen) atoms. The number of fused-ring (bicyclic) bond motifs is 3. The molecule has 0 amide bonds. The normalized spacial score (nSPS) is 10.7. The molecule has 0 radical (unpaired) electrons. The maximum Gasteiger partial charge on any atom is 0.315 e. The minimum atomic E-state index is -0.314. The summed E-state index contributed by atoms with van der Waals surface area (Å²) in [5, 5.41) is 2.32. The van der Waals surface area contributed by atoms with Gasteiger partial charge in [-0.1, -0.05) is 43.5 Å². The van der Waals surface area contributed by atoms with Crippen LogP contribution in [-0.2, 0) is 16.0 Å². The summed E-state index contributed by atoms with van der Waals surface area (Å²) in [4.78, 5) is 11.6. The lowest BCUT2D eigenvalue weighted by Crippen LogP contribution is -2.03. The van der Waals surface area contributed by atoms with Crippen molar-refractivity contribution in [2.75, 3.05) is 0 Å². The molecule has 0 aliphatic rings. The summed E-state index contributed by atoms with van der Waals surface area (Å²) < 4.78 is 6.81. The molecule has 3 rings (SSSR count). The topological polar surface area (TPSA) is 31.2 Å². The molecule has 0 fully saturated rings. The largest absolute Gasteiger partial charge is 0.435 e. The average Bonchev–Trinajstić information content (AvgIpc) is 2.80. The quantitative estimate of drug-likeness (QED) is 0.530. The van der Waals surface area contributed by atoms with Crippen molar-refractivity contribution in [3.63, 3.8) is 0 Å². The van der Waals surface area contributed by atoms with Gasteiger partial charge < -0.3 is 9.30 Å². The van der Waals surface area contributed by atoms with Gasteiger partial charge in [0.15, 0.2) is 0 Å². The van der Waals surface area contributed by atoms with E-state index in [1.165, 1.54) is 5.39 Å². The second kappa shape index (κ2) is 5.29. The number of para-hydroxylation sites is 1. The van der Waals surface area contributed by atoms with Gasteiger partial charge >= 0.3 is 5.97 Å². The Kier molecular flexibility index (Phi) is 3.32. The highest BCUT2D eigenvalue weighted by Crippen LogP contribution is 2.29. The molecule has 3 heteroatoms. The molecule has 104 valence electrons. The van der Waals surface area contributed by atoms with Crippen LogP contribution >= 0.6 is 0 Å². The van der Waals surface area contributed by atoms with Crippen LogP contribution < -0.4 is 0 Å². The number of hydrogen-bond donors (Lipinski definition) is 0. The standard InChI is InChI=1S/C18H15NO2/c1-3-19-16-8-6-5-7-14(16)15-10-9-13(11-17(15)19)12-18(20)21-4-2/h3-11H,1-2,12H2. The van der Waals surface area contributed by atoms with E-state index in [2.05, 4.69) is 25.3 Å². The first-order chi connectivity index (χ1) is 10.2. The number of carbonyl (C=O) groups is 1. The van der Waals surface area contributed by atoms with E-state index in [0.29, 0.717) is 0 Å². The van der Waals surface area contributed by atoms with Gasteiger partial charge in [0.05, 0.1) is 23.7 Å². The van der Waals surface area contributed by atoms with Crippen molar-refractivity contribution in [1.82, 2.24) is 4.57 Å². The number of aromatic nitrogens is 1. The van der Waals surface area contributed by atoms with Gasteiger partial charge in [0, 0.05) is 17.0 Å². The molecular weight excluding hydrogens is 262 g/mol. The SMILES string of the molecule is C=COC(=O)Cc1ccc2c3ccccc3n(C=C)c2c1. The van der Waals surface area contributed by atoms with Gasteiger partial charge in [0.2, 0.25) is 0 Å². The van der Waals surface area contributed by atoms with Gasteiger partial charge in [0.1, 0.15) is 0 Å². The van der Waals surface area contributed by atoms with Crippen molar-refractivity contribution in [2.45, 2.75) is 6.42 Å². The molecule has 1 heterocycles. The highest BCUT2D eigenvalue weighted by Gasteiger charge is 2.10. The monoisotopic (exact) mass is 277 g/mol. The van der Waals surface area contributed by atoms with Crippen LogP contribution in [-0.4, -0.2) is 10.5 Å². The Hall–Kier alpha value is -2.81. The van der Waals surface area contributed by atoms with Crippen molar-refractivity contribution < 1.29 is 9.53 Å². The molecule has 0 saturated carbocycles. The summed E-state index contributed by atoms with van der Waals surface area (Å²) in [7, 11) is 0. The van der Waals surface area contributed by atoms with Crippen LogP contribution in [0.25, 0.3) is 28.0 Å². The van der Waals surface area contributed by atoms with Crippen LogP contribution in [0.2, 0.25) is 0 Å². The lowest BCUT2D eigenvalue weighted by molar-refractivity contribution is -0.137. The lowest BCUT2D eigenvalue weighted by atomic mass is 10.1. The van der Waals surface area contributed by atoms with E-state index < -0.39 is 0 Å². The van der Waals surface area contributed by atoms with E-state index in [1.807, 2.05) is 34.9 Å². The van der Waals surface area contributed by atoms with Crippen LogP contribution in [0.4, 0.5) is 0 Å². The molecular formula is C18H15NO2. The number of esters is 1.